The number of hydrogen-bond acceptors (Lipinski definition) is 0. The Bertz CT molecular complexity index is 671. The summed E-state index contributed by atoms with van der Waals surface area (Å²) >= 11 is 0. The second-order valence-corrected chi connectivity index (χ2v) is 4.07. The molecule has 0 atom stereocenters. The van der Waals surface area contributed by atoms with E-state index in [0.29, 0.717) is 0 Å². The molecule has 0 radical (unpaired) electrons. The van der Waals surface area contributed by atoms with Crippen LogP contribution >= 0.6 is 0 Å². The van der Waals surface area contributed by atoms with Crippen LogP contribution in [0.1, 0.15) is 0 Å². The highest BCUT2D eigenvalue weighted by molar-refractivity contribution is 5.87. The third kappa shape index (κ3) is 1.92. The SMILES string of the molecule is Fc1cccc(-c2ccc3ccccc3c2)c1. The van der Waals surface area contributed by atoms with E-state index in [-0.39, 0.29) is 5.82 Å². The Balaban J connectivity index is 2.18. The van der Waals surface area contributed by atoms with Gasteiger partial charge in [0, 0.05) is 0 Å². The van der Waals surface area contributed by atoms with E-state index in [2.05, 4.69) is 24.3 Å². The Morgan fingerprint density at radius 2 is 1.35 bits per heavy atom. The van der Waals surface area contributed by atoms with Crippen LogP contribution in [-0.4, -0.2) is 0 Å². The molecule has 0 unspecified atom stereocenters. The lowest BCUT2D eigenvalue weighted by Gasteiger charge is -2.04. The van der Waals surface area contributed by atoms with Gasteiger partial charge in [0.1, 0.15) is 5.82 Å². The van der Waals surface area contributed by atoms with Crippen LogP contribution < -0.4 is 0 Å². The van der Waals surface area contributed by atoms with Crippen molar-refractivity contribution in [1.82, 2.24) is 0 Å². The summed E-state index contributed by atoms with van der Waals surface area (Å²) in [5.74, 6) is -0.198. The first kappa shape index (κ1) is 10.0. The molecule has 0 aliphatic rings. The molecule has 0 amide bonds. The van der Waals surface area contributed by atoms with Gasteiger partial charge in [-0.2, -0.15) is 0 Å². The molecule has 17 heavy (non-hydrogen) atoms. The molecule has 0 saturated carbocycles. The Hall–Kier alpha value is -2.15. The van der Waals surface area contributed by atoms with E-state index in [1.54, 1.807) is 12.1 Å². The fourth-order valence-corrected chi connectivity index (χ4v) is 2.04. The molecule has 0 saturated heterocycles. The van der Waals surface area contributed by atoms with E-state index in [1.165, 1.54) is 16.8 Å². The van der Waals surface area contributed by atoms with E-state index in [0.717, 1.165) is 11.1 Å². The van der Waals surface area contributed by atoms with Gasteiger partial charge in [-0.15, -0.1) is 0 Å². The lowest BCUT2D eigenvalue weighted by Crippen LogP contribution is -1.80. The van der Waals surface area contributed by atoms with Crippen molar-refractivity contribution in [3.8, 4) is 11.1 Å². The van der Waals surface area contributed by atoms with Crippen molar-refractivity contribution < 1.29 is 4.39 Å². The lowest BCUT2D eigenvalue weighted by molar-refractivity contribution is 0.628. The smallest absolute Gasteiger partial charge is 0.123 e. The molecule has 0 aliphatic heterocycles. The van der Waals surface area contributed by atoms with Gasteiger partial charge in [0.15, 0.2) is 0 Å². The van der Waals surface area contributed by atoms with Crippen molar-refractivity contribution in [1.29, 1.82) is 0 Å². The van der Waals surface area contributed by atoms with E-state index in [1.807, 2.05) is 24.3 Å². The zero-order chi connectivity index (χ0) is 11.7. The minimum Gasteiger partial charge on any atom is -0.207 e. The molecule has 0 heterocycles. The second kappa shape index (κ2) is 4.02. The number of hydrogen-bond donors (Lipinski definition) is 0. The van der Waals surface area contributed by atoms with Crippen molar-refractivity contribution in [2.45, 2.75) is 0 Å². The van der Waals surface area contributed by atoms with Gasteiger partial charge in [-0.3, -0.25) is 0 Å². The molecule has 0 fully saturated rings. The van der Waals surface area contributed by atoms with E-state index in [9.17, 15) is 4.39 Å². The quantitative estimate of drug-likeness (QED) is 0.562. The van der Waals surface area contributed by atoms with Gasteiger partial charge < -0.3 is 0 Å². The van der Waals surface area contributed by atoms with Crippen LogP contribution in [0.25, 0.3) is 21.9 Å². The number of rotatable bonds is 1. The van der Waals surface area contributed by atoms with Crippen molar-refractivity contribution in [3.63, 3.8) is 0 Å². The monoisotopic (exact) mass is 222 g/mol. The molecule has 0 N–H and O–H groups in total. The standard InChI is InChI=1S/C16H11F/c17-16-7-3-6-14(11-16)15-9-8-12-4-1-2-5-13(12)10-15/h1-11H. The zero-order valence-electron chi connectivity index (χ0n) is 9.23. The summed E-state index contributed by atoms with van der Waals surface area (Å²) in [5, 5.41) is 2.38. The maximum Gasteiger partial charge on any atom is 0.123 e. The molecular formula is C16H11F. The predicted octanol–water partition coefficient (Wildman–Crippen LogP) is 4.65. The lowest BCUT2D eigenvalue weighted by atomic mass is 10.0. The van der Waals surface area contributed by atoms with E-state index < -0.39 is 0 Å². The highest BCUT2D eigenvalue weighted by Gasteiger charge is 2.00. The largest absolute Gasteiger partial charge is 0.207 e. The Morgan fingerprint density at radius 1 is 0.588 bits per heavy atom. The second-order valence-electron chi connectivity index (χ2n) is 4.07. The van der Waals surface area contributed by atoms with Crippen LogP contribution in [0.2, 0.25) is 0 Å². The summed E-state index contributed by atoms with van der Waals surface area (Å²) in [4.78, 5) is 0. The van der Waals surface area contributed by atoms with Crippen molar-refractivity contribution in [3.05, 3.63) is 72.5 Å². The summed E-state index contributed by atoms with van der Waals surface area (Å²) in [6, 6.07) is 21.0. The van der Waals surface area contributed by atoms with Gasteiger partial charge in [0.25, 0.3) is 0 Å². The van der Waals surface area contributed by atoms with Gasteiger partial charge >= 0.3 is 0 Å². The summed E-state index contributed by atoms with van der Waals surface area (Å²) in [5.41, 5.74) is 1.96. The van der Waals surface area contributed by atoms with Crippen LogP contribution in [0.3, 0.4) is 0 Å². The van der Waals surface area contributed by atoms with Crippen molar-refractivity contribution in [2.75, 3.05) is 0 Å². The molecule has 0 nitrogen and oxygen atoms in total. The fourth-order valence-electron chi connectivity index (χ4n) is 2.04. The zero-order valence-corrected chi connectivity index (χ0v) is 9.23. The molecule has 3 aromatic rings. The predicted molar refractivity (Wildman–Crippen MR) is 69.3 cm³/mol. The maximum absolute atomic E-state index is 13.2. The van der Waals surface area contributed by atoms with Crippen LogP contribution in [-0.2, 0) is 0 Å². The number of fused-ring (bicyclic) bond motifs is 1. The first-order valence-corrected chi connectivity index (χ1v) is 5.58. The summed E-state index contributed by atoms with van der Waals surface area (Å²) in [6.07, 6.45) is 0. The van der Waals surface area contributed by atoms with Gasteiger partial charge in [0.05, 0.1) is 0 Å². The highest BCUT2D eigenvalue weighted by Crippen LogP contribution is 2.24. The molecule has 0 spiro atoms. The van der Waals surface area contributed by atoms with Gasteiger partial charge in [-0.1, -0.05) is 48.5 Å². The average Bonchev–Trinajstić information content (AvgIpc) is 2.38. The van der Waals surface area contributed by atoms with Crippen LogP contribution in [0, 0.1) is 5.82 Å². The minimum atomic E-state index is -0.198. The van der Waals surface area contributed by atoms with Gasteiger partial charge in [-0.25, -0.2) is 4.39 Å². The molecule has 82 valence electrons. The van der Waals surface area contributed by atoms with Crippen LogP contribution in [0.4, 0.5) is 4.39 Å². The first-order chi connectivity index (χ1) is 8.33. The summed E-state index contributed by atoms with van der Waals surface area (Å²) in [6.45, 7) is 0. The highest BCUT2D eigenvalue weighted by atomic mass is 19.1. The average molecular weight is 222 g/mol. The normalized spacial score (nSPS) is 10.6. The molecular weight excluding hydrogens is 211 g/mol. The summed E-state index contributed by atoms with van der Waals surface area (Å²) in [7, 11) is 0. The van der Waals surface area contributed by atoms with Gasteiger partial charge in [-0.05, 0) is 40.1 Å². The van der Waals surface area contributed by atoms with E-state index in [4.69, 9.17) is 0 Å². The molecule has 3 aromatic carbocycles. The van der Waals surface area contributed by atoms with Crippen LogP contribution in [0.5, 0.6) is 0 Å². The Kier molecular flexibility index (Phi) is 2.37. The number of halogens is 1. The van der Waals surface area contributed by atoms with Gasteiger partial charge in [0.2, 0.25) is 0 Å². The number of benzene rings is 3. The third-order valence-electron chi connectivity index (χ3n) is 2.91. The molecule has 0 bridgehead atoms. The Labute approximate surface area is 99.3 Å². The first-order valence-electron chi connectivity index (χ1n) is 5.58. The van der Waals surface area contributed by atoms with Crippen molar-refractivity contribution >= 4 is 10.8 Å². The third-order valence-corrected chi connectivity index (χ3v) is 2.91. The summed E-state index contributed by atoms with van der Waals surface area (Å²) < 4.78 is 13.2. The molecule has 1 heteroatoms. The maximum atomic E-state index is 13.2. The Morgan fingerprint density at radius 3 is 2.18 bits per heavy atom. The van der Waals surface area contributed by atoms with Crippen LogP contribution in [0.15, 0.2) is 66.7 Å². The topological polar surface area (TPSA) is 0 Å². The fraction of sp³-hybridized carbons (Fsp3) is 0. The molecule has 0 aromatic heterocycles. The molecule has 3 rings (SSSR count). The van der Waals surface area contributed by atoms with E-state index >= 15 is 0 Å². The minimum absolute atomic E-state index is 0.198. The van der Waals surface area contributed by atoms with Crippen molar-refractivity contribution in [2.24, 2.45) is 0 Å². The molecule has 0 aliphatic carbocycles.